The Morgan fingerprint density at radius 1 is 1.53 bits per heavy atom. The Morgan fingerprint density at radius 3 is 2.40 bits per heavy atom. The molecule has 15 heavy (non-hydrogen) atoms. The van der Waals surface area contributed by atoms with Crippen LogP contribution in [0.3, 0.4) is 0 Å². The number of alkyl halides is 2. The molecule has 1 aliphatic carbocycles. The fraction of sp³-hybridized carbons (Fsp3) is 0.889. The van der Waals surface area contributed by atoms with Gasteiger partial charge >= 0.3 is 0 Å². The molecular weight excluding hydrogens is 226 g/mol. The highest BCUT2D eigenvalue weighted by Gasteiger charge is 2.35. The Kier molecular flexibility index (Phi) is 6.05. The first-order valence-corrected chi connectivity index (χ1v) is 4.90. The fourth-order valence-corrected chi connectivity index (χ4v) is 1.34. The van der Waals surface area contributed by atoms with Gasteiger partial charge in [-0.15, -0.1) is 12.4 Å². The van der Waals surface area contributed by atoms with Gasteiger partial charge in [-0.3, -0.25) is 4.79 Å². The summed E-state index contributed by atoms with van der Waals surface area (Å²) in [7, 11) is 0. The molecule has 1 atom stereocenters. The second kappa shape index (κ2) is 6.23. The average Bonchev–Trinajstić information content (AvgIpc) is 2.94. The van der Waals surface area contributed by atoms with E-state index < -0.39 is 19.0 Å². The van der Waals surface area contributed by atoms with Crippen molar-refractivity contribution < 1.29 is 13.6 Å². The second-order valence-corrected chi connectivity index (χ2v) is 3.63. The van der Waals surface area contributed by atoms with Gasteiger partial charge in [-0.05, 0) is 19.3 Å². The molecule has 0 aromatic carbocycles. The second-order valence-electron chi connectivity index (χ2n) is 3.63. The molecule has 1 amide bonds. The van der Waals surface area contributed by atoms with Gasteiger partial charge in [0.05, 0.1) is 12.6 Å². The first-order chi connectivity index (χ1) is 6.56. The predicted molar refractivity (Wildman–Crippen MR) is 56.3 cm³/mol. The van der Waals surface area contributed by atoms with Gasteiger partial charge in [0.25, 0.3) is 6.43 Å². The van der Waals surface area contributed by atoms with E-state index in [0.717, 1.165) is 12.8 Å². The molecule has 0 radical (unpaired) electrons. The van der Waals surface area contributed by atoms with Gasteiger partial charge in [0.2, 0.25) is 5.91 Å². The summed E-state index contributed by atoms with van der Waals surface area (Å²) in [6, 6.07) is -0.622. The Balaban J connectivity index is 0.00000196. The summed E-state index contributed by atoms with van der Waals surface area (Å²) in [5.41, 5.74) is 5.52. The van der Waals surface area contributed by atoms with Gasteiger partial charge in [-0.2, -0.15) is 0 Å². The zero-order chi connectivity index (χ0) is 10.7. The third-order valence-electron chi connectivity index (χ3n) is 2.36. The predicted octanol–water partition coefficient (Wildman–Crippen LogP) is 1.40. The van der Waals surface area contributed by atoms with Crippen LogP contribution >= 0.6 is 12.4 Å². The van der Waals surface area contributed by atoms with E-state index in [1.54, 1.807) is 6.92 Å². The Labute approximate surface area is 94.4 Å². The zero-order valence-corrected chi connectivity index (χ0v) is 9.47. The van der Waals surface area contributed by atoms with E-state index in [1.807, 2.05) is 0 Å². The third-order valence-corrected chi connectivity index (χ3v) is 2.36. The van der Waals surface area contributed by atoms with Crippen LogP contribution in [0.2, 0.25) is 0 Å². The summed E-state index contributed by atoms with van der Waals surface area (Å²) < 4.78 is 24.3. The number of amides is 1. The molecule has 0 spiro atoms. The van der Waals surface area contributed by atoms with Crippen LogP contribution in [0, 0.1) is 0 Å². The van der Waals surface area contributed by atoms with E-state index in [0.29, 0.717) is 6.42 Å². The largest absolute Gasteiger partial charge is 0.333 e. The Bertz CT molecular complexity index is 212. The molecule has 1 fully saturated rings. The van der Waals surface area contributed by atoms with E-state index in [1.165, 1.54) is 4.90 Å². The molecule has 6 heteroatoms. The minimum Gasteiger partial charge on any atom is -0.333 e. The number of hydrogen-bond acceptors (Lipinski definition) is 2. The van der Waals surface area contributed by atoms with Crippen LogP contribution in [0.15, 0.2) is 0 Å². The van der Waals surface area contributed by atoms with Crippen molar-refractivity contribution in [3.63, 3.8) is 0 Å². The SMILES string of the molecule is CC[C@H](N)C(=O)N(CC(F)F)C1CC1.Cl. The molecule has 3 nitrogen and oxygen atoms in total. The highest BCUT2D eigenvalue weighted by Crippen LogP contribution is 2.28. The van der Waals surface area contributed by atoms with Crippen molar-refractivity contribution in [1.29, 1.82) is 0 Å². The molecule has 0 saturated heterocycles. The minimum absolute atomic E-state index is 0. The molecule has 1 saturated carbocycles. The number of nitrogens with zero attached hydrogens (tertiary/aromatic N) is 1. The van der Waals surface area contributed by atoms with E-state index in [9.17, 15) is 13.6 Å². The Morgan fingerprint density at radius 2 is 2.07 bits per heavy atom. The third kappa shape index (κ3) is 4.30. The van der Waals surface area contributed by atoms with Crippen LogP contribution < -0.4 is 5.73 Å². The molecule has 90 valence electrons. The molecule has 0 aromatic heterocycles. The van der Waals surface area contributed by atoms with Crippen LogP contribution in [0.5, 0.6) is 0 Å². The number of carbonyl (C=O) groups is 1. The summed E-state index contributed by atoms with van der Waals surface area (Å²) >= 11 is 0. The standard InChI is InChI=1S/C9H16F2N2O.ClH/c1-2-7(12)9(14)13(5-8(10)11)6-3-4-6;/h6-8H,2-5,12H2,1H3;1H/t7-;/m0./s1. The van der Waals surface area contributed by atoms with Crippen molar-refractivity contribution in [2.24, 2.45) is 5.73 Å². The number of carbonyl (C=O) groups excluding carboxylic acids is 1. The summed E-state index contributed by atoms with van der Waals surface area (Å²) in [5, 5.41) is 0. The molecule has 0 aromatic rings. The fourth-order valence-electron chi connectivity index (χ4n) is 1.34. The first-order valence-electron chi connectivity index (χ1n) is 4.90. The summed E-state index contributed by atoms with van der Waals surface area (Å²) in [6.45, 7) is 1.30. The van der Waals surface area contributed by atoms with Gasteiger partial charge in [-0.1, -0.05) is 6.92 Å². The summed E-state index contributed by atoms with van der Waals surface area (Å²) in [6.07, 6.45) is -0.321. The van der Waals surface area contributed by atoms with E-state index in [4.69, 9.17) is 5.73 Å². The zero-order valence-electron chi connectivity index (χ0n) is 8.66. The monoisotopic (exact) mass is 242 g/mol. The molecular formula is C9H17ClF2N2O. The molecule has 0 unspecified atom stereocenters. The number of halogens is 3. The lowest BCUT2D eigenvalue weighted by Crippen LogP contribution is -2.46. The van der Waals surface area contributed by atoms with Gasteiger partial charge in [-0.25, -0.2) is 8.78 Å². The maximum absolute atomic E-state index is 12.2. The molecule has 0 aliphatic heterocycles. The number of nitrogens with two attached hydrogens (primary N) is 1. The van der Waals surface area contributed by atoms with Crippen molar-refractivity contribution in [3.8, 4) is 0 Å². The normalized spacial score (nSPS) is 17.1. The van der Waals surface area contributed by atoms with Crippen LogP contribution in [-0.4, -0.2) is 35.9 Å². The smallest absolute Gasteiger partial charge is 0.255 e. The van der Waals surface area contributed by atoms with E-state index in [-0.39, 0.29) is 24.4 Å². The topological polar surface area (TPSA) is 46.3 Å². The highest BCUT2D eigenvalue weighted by atomic mass is 35.5. The highest BCUT2D eigenvalue weighted by molar-refractivity contribution is 5.85. The molecule has 1 rings (SSSR count). The quantitative estimate of drug-likeness (QED) is 0.792. The molecule has 0 heterocycles. The molecule has 2 N–H and O–H groups in total. The maximum Gasteiger partial charge on any atom is 0.255 e. The lowest BCUT2D eigenvalue weighted by molar-refractivity contribution is -0.135. The van der Waals surface area contributed by atoms with Gasteiger partial charge in [0.1, 0.15) is 0 Å². The van der Waals surface area contributed by atoms with E-state index in [2.05, 4.69) is 0 Å². The summed E-state index contributed by atoms with van der Waals surface area (Å²) in [5.74, 6) is -0.338. The van der Waals surface area contributed by atoms with Crippen molar-refractivity contribution in [2.75, 3.05) is 6.54 Å². The first kappa shape index (κ1) is 14.6. The Hall–Kier alpha value is -0.420. The van der Waals surface area contributed by atoms with Crippen molar-refractivity contribution in [2.45, 2.75) is 44.7 Å². The van der Waals surface area contributed by atoms with Crippen molar-refractivity contribution in [3.05, 3.63) is 0 Å². The number of hydrogen-bond donors (Lipinski definition) is 1. The van der Waals surface area contributed by atoms with Gasteiger partial charge in [0.15, 0.2) is 0 Å². The maximum atomic E-state index is 12.2. The molecule has 0 bridgehead atoms. The molecule has 1 aliphatic rings. The number of rotatable bonds is 5. The van der Waals surface area contributed by atoms with E-state index >= 15 is 0 Å². The van der Waals surface area contributed by atoms with Gasteiger partial charge in [0, 0.05) is 6.04 Å². The average molecular weight is 243 g/mol. The van der Waals surface area contributed by atoms with Crippen LogP contribution in [-0.2, 0) is 4.79 Å². The van der Waals surface area contributed by atoms with Gasteiger partial charge < -0.3 is 10.6 Å². The summed E-state index contributed by atoms with van der Waals surface area (Å²) in [4.78, 5) is 12.8. The van der Waals surface area contributed by atoms with Crippen LogP contribution in [0.1, 0.15) is 26.2 Å². The van der Waals surface area contributed by atoms with Crippen molar-refractivity contribution >= 4 is 18.3 Å². The van der Waals surface area contributed by atoms with Crippen LogP contribution in [0.25, 0.3) is 0 Å². The van der Waals surface area contributed by atoms with Crippen molar-refractivity contribution in [1.82, 2.24) is 4.90 Å². The lowest BCUT2D eigenvalue weighted by Gasteiger charge is -2.24. The lowest BCUT2D eigenvalue weighted by atomic mass is 10.2. The van der Waals surface area contributed by atoms with Crippen LogP contribution in [0.4, 0.5) is 8.78 Å². The minimum atomic E-state index is -2.47.